The van der Waals surface area contributed by atoms with Crippen molar-refractivity contribution in [2.75, 3.05) is 5.73 Å². The molecule has 0 atom stereocenters. The predicted octanol–water partition coefficient (Wildman–Crippen LogP) is 2.55. The van der Waals surface area contributed by atoms with Crippen molar-refractivity contribution in [3.8, 4) is 16.5 Å². The molecule has 104 valence electrons. The van der Waals surface area contributed by atoms with E-state index in [-0.39, 0.29) is 17.1 Å². The van der Waals surface area contributed by atoms with Gasteiger partial charge < -0.3 is 5.73 Å². The van der Waals surface area contributed by atoms with E-state index in [1.165, 1.54) is 29.5 Å². The highest BCUT2D eigenvalue weighted by Gasteiger charge is 2.17. The van der Waals surface area contributed by atoms with E-state index in [0.717, 1.165) is 0 Å². The van der Waals surface area contributed by atoms with Crippen LogP contribution in [-0.2, 0) is 0 Å². The van der Waals surface area contributed by atoms with Crippen LogP contribution in [0.3, 0.4) is 0 Å². The van der Waals surface area contributed by atoms with Crippen LogP contribution < -0.4 is 11.3 Å². The van der Waals surface area contributed by atoms with Gasteiger partial charge in [0, 0.05) is 10.4 Å². The Morgan fingerprint density at radius 3 is 2.95 bits per heavy atom. The lowest BCUT2D eigenvalue weighted by Gasteiger charge is -2.02. The standard InChI is InChI=1S/C14H9FN4OS/c1-6-10-12(20)18-14(17)19-13(10)21-11(6)8-4-7(5-16)2-3-9(8)15/h2-4H,1H3,(H3,17,18,19,20). The summed E-state index contributed by atoms with van der Waals surface area (Å²) in [6, 6.07) is 6.08. The van der Waals surface area contributed by atoms with Crippen molar-refractivity contribution >= 4 is 27.5 Å². The SMILES string of the molecule is Cc1c(-c2cc(C#N)ccc2F)sc2nc(N)[nH]c(=O)c12. The van der Waals surface area contributed by atoms with E-state index in [4.69, 9.17) is 11.0 Å². The molecule has 0 saturated heterocycles. The summed E-state index contributed by atoms with van der Waals surface area (Å²) < 4.78 is 14.0. The first-order chi connectivity index (χ1) is 10.0. The van der Waals surface area contributed by atoms with Gasteiger partial charge in [-0.25, -0.2) is 9.37 Å². The molecule has 3 N–H and O–H groups in total. The Labute approximate surface area is 122 Å². The second-order valence-electron chi connectivity index (χ2n) is 4.49. The van der Waals surface area contributed by atoms with Crippen molar-refractivity contribution in [3.63, 3.8) is 0 Å². The van der Waals surface area contributed by atoms with Gasteiger partial charge in [-0.2, -0.15) is 5.26 Å². The van der Waals surface area contributed by atoms with E-state index in [2.05, 4.69) is 9.97 Å². The van der Waals surface area contributed by atoms with Gasteiger partial charge in [-0.15, -0.1) is 11.3 Å². The molecule has 0 amide bonds. The van der Waals surface area contributed by atoms with Crippen molar-refractivity contribution in [1.29, 1.82) is 5.26 Å². The predicted molar refractivity (Wildman–Crippen MR) is 79.5 cm³/mol. The molecule has 21 heavy (non-hydrogen) atoms. The monoisotopic (exact) mass is 300 g/mol. The van der Waals surface area contributed by atoms with E-state index in [1.54, 1.807) is 6.92 Å². The molecule has 3 aromatic rings. The first-order valence-electron chi connectivity index (χ1n) is 6.00. The number of nitrogens with two attached hydrogens (primary N) is 1. The number of nitrogens with zero attached hydrogens (tertiary/aromatic N) is 2. The summed E-state index contributed by atoms with van der Waals surface area (Å²) in [6.45, 7) is 1.72. The number of thiophene rings is 1. The highest BCUT2D eigenvalue weighted by molar-refractivity contribution is 7.22. The molecule has 0 aliphatic heterocycles. The third-order valence-electron chi connectivity index (χ3n) is 3.16. The molecule has 0 unspecified atom stereocenters. The molecule has 1 aromatic carbocycles. The third-order valence-corrected chi connectivity index (χ3v) is 4.38. The summed E-state index contributed by atoms with van der Waals surface area (Å²) in [7, 11) is 0. The van der Waals surface area contributed by atoms with Crippen LogP contribution in [0.5, 0.6) is 0 Å². The molecule has 0 fully saturated rings. The molecule has 0 bridgehead atoms. The van der Waals surface area contributed by atoms with Gasteiger partial charge in [-0.1, -0.05) is 0 Å². The number of halogens is 1. The summed E-state index contributed by atoms with van der Waals surface area (Å²) in [6.07, 6.45) is 0. The van der Waals surface area contributed by atoms with Crippen molar-refractivity contribution < 1.29 is 4.39 Å². The molecule has 0 spiro atoms. The Hall–Kier alpha value is -2.72. The molecular formula is C14H9FN4OS. The molecule has 0 saturated carbocycles. The Bertz CT molecular complexity index is 967. The number of hydrogen-bond acceptors (Lipinski definition) is 5. The zero-order valence-corrected chi connectivity index (χ0v) is 11.7. The first-order valence-corrected chi connectivity index (χ1v) is 6.82. The van der Waals surface area contributed by atoms with E-state index in [0.29, 0.717) is 26.2 Å². The van der Waals surface area contributed by atoms with Crippen molar-refractivity contribution in [1.82, 2.24) is 9.97 Å². The zero-order chi connectivity index (χ0) is 15.1. The number of fused-ring (bicyclic) bond motifs is 1. The Kier molecular flexibility index (Phi) is 2.96. The number of aryl methyl sites for hydroxylation is 1. The molecule has 0 aliphatic rings. The van der Waals surface area contributed by atoms with E-state index in [1.807, 2.05) is 6.07 Å². The summed E-state index contributed by atoms with van der Waals surface area (Å²) in [5.74, 6) is -0.431. The quantitative estimate of drug-likeness (QED) is 0.722. The van der Waals surface area contributed by atoms with Crippen LogP contribution in [0.1, 0.15) is 11.1 Å². The molecule has 7 heteroatoms. The van der Waals surface area contributed by atoms with Crippen LogP contribution in [0, 0.1) is 24.1 Å². The lowest BCUT2D eigenvalue weighted by molar-refractivity contribution is 0.631. The Morgan fingerprint density at radius 2 is 2.24 bits per heavy atom. The van der Waals surface area contributed by atoms with Crippen LogP contribution in [0.2, 0.25) is 0 Å². The number of nitrogen functional groups attached to an aromatic ring is 1. The van der Waals surface area contributed by atoms with Crippen molar-refractivity contribution in [2.24, 2.45) is 0 Å². The number of nitrogens with one attached hydrogen (secondary N) is 1. The number of anilines is 1. The van der Waals surface area contributed by atoms with Gasteiger partial charge in [0.2, 0.25) is 5.95 Å². The van der Waals surface area contributed by atoms with E-state index >= 15 is 0 Å². The molecule has 2 heterocycles. The molecule has 0 aliphatic carbocycles. The maximum absolute atomic E-state index is 14.0. The second kappa shape index (κ2) is 4.68. The topological polar surface area (TPSA) is 95.6 Å². The van der Waals surface area contributed by atoms with Gasteiger partial charge in [0.1, 0.15) is 10.6 Å². The number of rotatable bonds is 1. The van der Waals surface area contributed by atoms with E-state index in [9.17, 15) is 9.18 Å². The number of hydrogen-bond donors (Lipinski definition) is 2. The number of benzene rings is 1. The highest BCUT2D eigenvalue weighted by atomic mass is 32.1. The molecule has 2 aromatic heterocycles. The van der Waals surface area contributed by atoms with Crippen molar-refractivity contribution in [3.05, 3.63) is 45.5 Å². The van der Waals surface area contributed by atoms with E-state index < -0.39 is 5.82 Å². The van der Waals surface area contributed by atoms with Crippen LogP contribution in [-0.4, -0.2) is 9.97 Å². The van der Waals surface area contributed by atoms with Crippen LogP contribution in [0.15, 0.2) is 23.0 Å². The Balaban J connectivity index is 2.37. The lowest BCUT2D eigenvalue weighted by atomic mass is 10.1. The summed E-state index contributed by atoms with van der Waals surface area (Å²) in [5, 5.41) is 9.33. The lowest BCUT2D eigenvalue weighted by Crippen LogP contribution is -2.10. The summed E-state index contributed by atoms with van der Waals surface area (Å²) >= 11 is 1.18. The number of aromatic nitrogens is 2. The van der Waals surface area contributed by atoms with Crippen LogP contribution in [0.4, 0.5) is 10.3 Å². The Morgan fingerprint density at radius 1 is 1.48 bits per heavy atom. The highest BCUT2D eigenvalue weighted by Crippen LogP contribution is 2.37. The van der Waals surface area contributed by atoms with Gasteiger partial charge in [0.15, 0.2) is 0 Å². The second-order valence-corrected chi connectivity index (χ2v) is 5.49. The molecule has 3 rings (SSSR count). The first kappa shape index (κ1) is 13.3. The van der Waals surface area contributed by atoms with Gasteiger partial charge in [-0.3, -0.25) is 9.78 Å². The average molecular weight is 300 g/mol. The van der Waals surface area contributed by atoms with Gasteiger partial charge in [0.05, 0.1) is 17.0 Å². The molecule has 0 radical (unpaired) electrons. The summed E-state index contributed by atoms with van der Waals surface area (Å²) in [4.78, 5) is 19.5. The number of H-pyrrole nitrogens is 1. The number of nitriles is 1. The number of aromatic amines is 1. The summed E-state index contributed by atoms with van der Waals surface area (Å²) in [5.41, 5.74) is 6.43. The third kappa shape index (κ3) is 2.06. The normalized spacial score (nSPS) is 10.7. The smallest absolute Gasteiger partial charge is 0.261 e. The van der Waals surface area contributed by atoms with Gasteiger partial charge in [0.25, 0.3) is 5.56 Å². The maximum Gasteiger partial charge on any atom is 0.261 e. The minimum Gasteiger partial charge on any atom is -0.369 e. The molecule has 5 nitrogen and oxygen atoms in total. The molecular weight excluding hydrogens is 291 g/mol. The fourth-order valence-corrected chi connectivity index (χ4v) is 3.39. The van der Waals surface area contributed by atoms with Crippen molar-refractivity contribution in [2.45, 2.75) is 6.92 Å². The van der Waals surface area contributed by atoms with Crippen LogP contribution in [0.25, 0.3) is 20.7 Å². The fraction of sp³-hybridized carbons (Fsp3) is 0.0714. The van der Waals surface area contributed by atoms with Gasteiger partial charge in [-0.05, 0) is 30.7 Å². The van der Waals surface area contributed by atoms with Gasteiger partial charge >= 0.3 is 0 Å². The average Bonchev–Trinajstić information content (AvgIpc) is 2.76. The zero-order valence-electron chi connectivity index (χ0n) is 10.9. The fourth-order valence-electron chi connectivity index (χ4n) is 2.19. The maximum atomic E-state index is 14.0. The minimum atomic E-state index is -0.451. The minimum absolute atomic E-state index is 0.0200. The van der Waals surface area contributed by atoms with Crippen LogP contribution >= 0.6 is 11.3 Å². The largest absolute Gasteiger partial charge is 0.369 e.